The Labute approximate surface area is 127 Å². The van der Waals surface area contributed by atoms with Crippen LogP contribution in [0.25, 0.3) is 0 Å². The SMILES string of the molecule is CC(CN)CNC(=O)COc1ccc(C(C)C)cc1.Cl. The molecule has 0 saturated heterocycles. The maximum Gasteiger partial charge on any atom is 0.257 e. The van der Waals surface area contributed by atoms with Gasteiger partial charge in [0.25, 0.3) is 5.91 Å². The number of halogens is 1. The Morgan fingerprint density at radius 2 is 1.85 bits per heavy atom. The van der Waals surface area contributed by atoms with Gasteiger partial charge in [-0.2, -0.15) is 0 Å². The highest BCUT2D eigenvalue weighted by atomic mass is 35.5. The predicted molar refractivity (Wildman–Crippen MR) is 84.5 cm³/mol. The van der Waals surface area contributed by atoms with Crippen molar-refractivity contribution in [3.63, 3.8) is 0 Å². The zero-order valence-electron chi connectivity index (χ0n) is 12.4. The van der Waals surface area contributed by atoms with E-state index < -0.39 is 0 Å². The van der Waals surface area contributed by atoms with E-state index in [1.54, 1.807) is 0 Å². The molecular weight excluding hydrogens is 276 g/mol. The van der Waals surface area contributed by atoms with Crippen LogP contribution >= 0.6 is 12.4 Å². The van der Waals surface area contributed by atoms with Gasteiger partial charge in [-0.15, -0.1) is 12.4 Å². The Morgan fingerprint density at radius 1 is 1.25 bits per heavy atom. The number of amides is 1. The second-order valence-electron chi connectivity index (χ2n) is 5.16. The van der Waals surface area contributed by atoms with Gasteiger partial charge in [-0.3, -0.25) is 4.79 Å². The lowest BCUT2D eigenvalue weighted by atomic mass is 10.0. The molecule has 1 aromatic carbocycles. The first-order valence-electron chi connectivity index (χ1n) is 6.72. The van der Waals surface area contributed by atoms with Crippen molar-refractivity contribution < 1.29 is 9.53 Å². The molecule has 0 radical (unpaired) electrons. The fourth-order valence-corrected chi connectivity index (χ4v) is 1.52. The first-order chi connectivity index (χ1) is 9.02. The van der Waals surface area contributed by atoms with E-state index in [0.29, 0.717) is 24.8 Å². The number of carbonyl (C=O) groups is 1. The van der Waals surface area contributed by atoms with Gasteiger partial charge in [0.05, 0.1) is 0 Å². The van der Waals surface area contributed by atoms with Crippen molar-refractivity contribution in [1.29, 1.82) is 0 Å². The van der Waals surface area contributed by atoms with Crippen molar-refractivity contribution >= 4 is 18.3 Å². The Bertz CT molecular complexity index is 393. The molecule has 0 aliphatic rings. The number of nitrogens with one attached hydrogen (secondary N) is 1. The highest BCUT2D eigenvalue weighted by molar-refractivity contribution is 5.85. The molecule has 0 aromatic heterocycles. The van der Waals surface area contributed by atoms with Crippen molar-refractivity contribution in [3.8, 4) is 5.75 Å². The lowest BCUT2D eigenvalue weighted by Crippen LogP contribution is -2.34. The van der Waals surface area contributed by atoms with Crippen LogP contribution in [0.15, 0.2) is 24.3 Å². The van der Waals surface area contributed by atoms with E-state index in [1.165, 1.54) is 5.56 Å². The summed E-state index contributed by atoms with van der Waals surface area (Å²) >= 11 is 0. The summed E-state index contributed by atoms with van der Waals surface area (Å²) in [6, 6.07) is 7.83. The third-order valence-corrected chi connectivity index (χ3v) is 2.97. The third kappa shape index (κ3) is 6.78. The number of ether oxygens (including phenoxy) is 1. The quantitative estimate of drug-likeness (QED) is 0.812. The molecule has 114 valence electrons. The van der Waals surface area contributed by atoms with Crippen molar-refractivity contribution in [2.24, 2.45) is 11.7 Å². The lowest BCUT2D eigenvalue weighted by Gasteiger charge is -2.11. The smallest absolute Gasteiger partial charge is 0.257 e. The molecule has 0 aliphatic heterocycles. The van der Waals surface area contributed by atoms with Crippen molar-refractivity contribution in [1.82, 2.24) is 5.32 Å². The predicted octanol–water partition coefficient (Wildman–Crippen LogP) is 2.32. The highest BCUT2D eigenvalue weighted by Crippen LogP contribution is 2.18. The number of rotatable bonds is 7. The van der Waals surface area contributed by atoms with Crippen LogP contribution in [0.5, 0.6) is 5.75 Å². The van der Waals surface area contributed by atoms with E-state index in [9.17, 15) is 4.79 Å². The molecule has 0 fully saturated rings. The van der Waals surface area contributed by atoms with Gasteiger partial charge < -0.3 is 15.8 Å². The van der Waals surface area contributed by atoms with Gasteiger partial charge in [-0.25, -0.2) is 0 Å². The molecule has 0 spiro atoms. The summed E-state index contributed by atoms with van der Waals surface area (Å²) in [5.74, 6) is 1.38. The zero-order valence-corrected chi connectivity index (χ0v) is 13.2. The van der Waals surface area contributed by atoms with Crippen LogP contribution in [0, 0.1) is 5.92 Å². The van der Waals surface area contributed by atoms with Crippen LogP contribution in [0.3, 0.4) is 0 Å². The van der Waals surface area contributed by atoms with Crippen molar-refractivity contribution in [2.45, 2.75) is 26.7 Å². The van der Waals surface area contributed by atoms with Crippen molar-refractivity contribution in [3.05, 3.63) is 29.8 Å². The summed E-state index contributed by atoms with van der Waals surface area (Å²) in [4.78, 5) is 11.5. The standard InChI is InChI=1S/C15H24N2O2.ClH/c1-11(2)13-4-6-14(7-5-13)19-10-15(18)17-9-12(3)8-16;/h4-7,11-12H,8-10,16H2,1-3H3,(H,17,18);1H. The number of hydrogen-bond acceptors (Lipinski definition) is 3. The molecule has 0 saturated carbocycles. The van der Waals surface area contributed by atoms with Gasteiger partial charge in [0.1, 0.15) is 5.75 Å². The summed E-state index contributed by atoms with van der Waals surface area (Å²) in [6.07, 6.45) is 0. The van der Waals surface area contributed by atoms with Crippen LogP contribution in [0.4, 0.5) is 0 Å². The van der Waals surface area contributed by atoms with E-state index in [4.69, 9.17) is 10.5 Å². The molecule has 1 aromatic rings. The van der Waals surface area contributed by atoms with Crippen LogP contribution in [0.1, 0.15) is 32.3 Å². The van der Waals surface area contributed by atoms with Gasteiger partial charge in [-0.05, 0) is 36.1 Å². The number of hydrogen-bond donors (Lipinski definition) is 2. The topological polar surface area (TPSA) is 64.3 Å². The average Bonchev–Trinajstić information content (AvgIpc) is 2.42. The number of benzene rings is 1. The fourth-order valence-electron chi connectivity index (χ4n) is 1.52. The maximum atomic E-state index is 11.5. The zero-order chi connectivity index (χ0) is 14.3. The van der Waals surface area contributed by atoms with E-state index in [2.05, 4.69) is 19.2 Å². The van der Waals surface area contributed by atoms with Gasteiger partial charge in [-0.1, -0.05) is 32.9 Å². The Hall–Kier alpha value is -1.26. The Morgan fingerprint density at radius 3 is 2.35 bits per heavy atom. The molecule has 1 rings (SSSR count). The molecule has 0 aliphatic carbocycles. The molecule has 4 nitrogen and oxygen atoms in total. The minimum Gasteiger partial charge on any atom is -0.484 e. The van der Waals surface area contributed by atoms with Crippen LogP contribution in [-0.2, 0) is 4.79 Å². The maximum absolute atomic E-state index is 11.5. The van der Waals surface area contributed by atoms with Crippen molar-refractivity contribution in [2.75, 3.05) is 19.7 Å². The molecular formula is C15H25ClN2O2. The normalized spacial score (nSPS) is 11.7. The Kier molecular flexibility index (Phi) is 9.01. The summed E-state index contributed by atoms with van der Waals surface area (Å²) in [6.45, 7) is 7.47. The first-order valence-corrected chi connectivity index (χ1v) is 6.72. The van der Waals surface area contributed by atoms with E-state index in [-0.39, 0.29) is 30.8 Å². The van der Waals surface area contributed by atoms with Gasteiger partial charge >= 0.3 is 0 Å². The first kappa shape index (κ1) is 18.7. The molecule has 1 amide bonds. The minimum absolute atomic E-state index is 0. The third-order valence-electron chi connectivity index (χ3n) is 2.97. The molecule has 20 heavy (non-hydrogen) atoms. The Balaban J connectivity index is 0.00000361. The van der Waals surface area contributed by atoms with Gasteiger partial charge in [0.15, 0.2) is 6.61 Å². The van der Waals surface area contributed by atoms with Gasteiger partial charge in [0, 0.05) is 6.54 Å². The van der Waals surface area contributed by atoms with Crippen LogP contribution < -0.4 is 15.8 Å². The second kappa shape index (κ2) is 9.61. The summed E-state index contributed by atoms with van der Waals surface area (Å²) < 4.78 is 5.43. The highest BCUT2D eigenvalue weighted by Gasteiger charge is 2.05. The van der Waals surface area contributed by atoms with Crippen LogP contribution in [0.2, 0.25) is 0 Å². The number of carbonyl (C=O) groups excluding carboxylic acids is 1. The molecule has 0 heterocycles. The molecule has 3 N–H and O–H groups in total. The molecule has 1 atom stereocenters. The molecule has 0 bridgehead atoms. The largest absolute Gasteiger partial charge is 0.484 e. The lowest BCUT2D eigenvalue weighted by molar-refractivity contribution is -0.123. The summed E-state index contributed by atoms with van der Waals surface area (Å²) in [5.41, 5.74) is 6.74. The second-order valence-corrected chi connectivity index (χ2v) is 5.16. The average molecular weight is 301 g/mol. The van der Waals surface area contributed by atoms with E-state index >= 15 is 0 Å². The number of nitrogens with two attached hydrogens (primary N) is 1. The molecule has 5 heteroatoms. The monoisotopic (exact) mass is 300 g/mol. The minimum atomic E-state index is -0.117. The summed E-state index contributed by atoms with van der Waals surface area (Å²) in [5, 5.41) is 2.79. The molecule has 1 unspecified atom stereocenters. The summed E-state index contributed by atoms with van der Waals surface area (Å²) in [7, 11) is 0. The van der Waals surface area contributed by atoms with Gasteiger partial charge in [0.2, 0.25) is 0 Å². The fraction of sp³-hybridized carbons (Fsp3) is 0.533. The van der Waals surface area contributed by atoms with E-state index in [0.717, 1.165) is 0 Å². The van der Waals surface area contributed by atoms with Crippen LogP contribution in [-0.4, -0.2) is 25.6 Å². The van der Waals surface area contributed by atoms with E-state index in [1.807, 2.05) is 31.2 Å².